The number of hydrogen-bond donors (Lipinski definition) is 0. The first-order valence-corrected chi connectivity index (χ1v) is 24.5. The van der Waals surface area contributed by atoms with Crippen molar-refractivity contribution < 1.29 is 18.3 Å². The van der Waals surface area contributed by atoms with Gasteiger partial charge in [0.1, 0.15) is 0 Å². The third-order valence-corrected chi connectivity index (χ3v) is 28.3. The second-order valence-electron chi connectivity index (χ2n) is 17.6. The molecule has 2 aliphatic rings. The Balaban J connectivity index is 0.00000270. The van der Waals surface area contributed by atoms with Crippen molar-refractivity contribution in [3.63, 3.8) is 0 Å². The molecule has 0 nitrogen and oxygen atoms in total. The molecule has 4 aromatic rings. The van der Waals surface area contributed by atoms with Gasteiger partial charge in [-0.2, -0.15) is 0 Å². The normalized spacial score (nSPS) is 16.4. The van der Waals surface area contributed by atoms with Crippen LogP contribution in [-0.4, -0.2) is 4.21 Å². The van der Waals surface area contributed by atoms with E-state index in [1.54, 1.807) is 8.85 Å². The van der Waals surface area contributed by atoms with Gasteiger partial charge in [0.05, 0.1) is 0 Å². The summed E-state index contributed by atoms with van der Waals surface area (Å²) in [6.45, 7) is 25.9. The Morgan fingerprint density at radius 3 is 1.59 bits per heavy atom. The van der Waals surface area contributed by atoms with Crippen LogP contribution in [0.1, 0.15) is 105 Å². The summed E-state index contributed by atoms with van der Waals surface area (Å²) in [5.74, 6) is 0.298. The van der Waals surface area contributed by atoms with Crippen molar-refractivity contribution in [2.45, 2.75) is 99.8 Å². The zero-order chi connectivity index (χ0) is 34.2. The van der Waals surface area contributed by atoms with Gasteiger partial charge in [-0.05, 0) is 0 Å². The fourth-order valence-corrected chi connectivity index (χ4v) is 26.5. The SMILES string of the molecule is Cl.Cl.[CH2]=[Zr]([C]1=C(CC)C(C(C)(C)C)=CC1C)([c]1ccc(C(C)(C)C)cc1)([c]1ccc(C(C)(C)C)cc1)[c]1cccc2c1Cc1ccccc1-2. The predicted molar refractivity (Wildman–Crippen MR) is 220 cm³/mol. The van der Waals surface area contributed by atoms with E-state index >= 15 is 0 Å². The van der Waals surface area contributed by atoms with Crippen molar-refractivity contribution in [3.8, 4) is 11.1 Å². The maximum absolute atomic E-state index is 5.90. The molecule has 0 saturated heterocycles. The Labute approximate surface area is 311 Å². The first-order valence-electron chi connectivity index (χ1n) is 17.8. The summed E-state index contributed by atoms with van der Waals surface area (Å²) < 4.78 is 11.9. The van der Waals surface area contributed by atoms with E-state index in [0.717, 1.165) is 12.8 Å². The fraction of sp³-hybridized carbons (Fsp3) is 0.370. The van der Waals surface area contributed by atoms with E-state index in [4.69, 9.17) is 4.21 Å². The molecule has 1 unspecified atom stereocenters. The van der Waals surface area contributed by atoms with Crippen LogP contribution in [0.3, 0.4) is 0 Å². The van der Waals surface area contributed by atoms with Crippen molar-refractivity contribution in [1.82, 2.24) is 0 Å². The van der Waals surface area contributed by atoms with Gasteiger partial charge in [0.15, 0.2) is 0 Å². The van der Waals surface area contributed by atoms with Crippen LogP contribution in [0.25, 0.3) is 11.1 Å². The van der Waals surface area contributed by atoms with E-state index in [1.807, 2.05) is 0 Å². The van der Waals surface area contributed by atoms with E-state index < -0.39 is 18.3 Å². The van der Waals surface area contributed by atoms with Crippen LogP contribution in [0.4, 0.5) is 0 Å². The molecule has 3 heteroatoms. The quantitative estimate of drug-likeness (QED) is 0.167. The average Bonchev–Trinajstić information content (AvgIpc) is 3.58. The molecule has 0 amide bonds. The number of rotatable bonds is 5. The summed E-state index contributed by atoms with van der Waals surface area (Å²) in [5, 5.41) is 0. The summed E-state index contributed by atoms with van der Waals surface area (Å²) in [6.07, 6.45) is 4.58. The van der Waals surface area contributed by atoms with Crippen molar-refractivity contribution in [3.05, 3.63) is 134 Å². The Morgan fingerprint density at radius 2 is 1.12 bits per heavy atom. The molecule has 0 aliphatic heterocycles. The Bertz CT molecular complexity index is 1920. The van der Waals surface area contributed by atoms with Crippen LogP contribution in [0.15, 0.2) is 111 Å². The number of benzene rings is 4. The van der Waals surface area contributed by atoms with Gasteiger partial charge in [0.25, 0.3) is 0 Å². The molecule has 0 N–H and O–H groups in total. The van der Waals surface area contributed by atoms with Gasteiger partial charge in [0.2, 0.25) is 0 Å². The molecule has 49 heavy (non-hydrogen) atoms. The van der Waals surface area contributed by atoms with Crippen LogP contribution < -0.4 is 9.81 Å². The molecule has 0 spiro atoms. The summed E-state index contributed by atoms with van der Waals surface area (Å²) in [6, 6.07) is 35.9. The van der Waals surface area contributed by atoms with E-state index in [2.05, 4.69) is 173 Å². The molecule has 0 radical (unpaired) electrons. The molecule has 0 aromatic heterocycles. The number of halogens is 2. The third-order valence-electron chi connectivity index (χ3n) is 11.5. The third kappa shape index (κ3) is 6.19. The summed E-state index contributed by atoms with van der Waals surface area (Å²) in [5.41, 5.74) is 11.7. The van der Waals surface area contributed by atoms with Crippen LogP contribution in [0.5, 0.6) is 0 Å². The van der Waals surface area contributed by atoms with Crippen molar-refractivity contribution in [1.29, 1.82) is 0 Å². The first-order chi connectivity index (χ1) is 21.9. The molecule has 1 atom stereocenters. The monoisotopic (exact) mass is 770 g/mol. The van der Waals surface area contributed by atoms with E-state index in [9.17, 15) is 0 Å². The van der Waals surface area contributed by atoms with Gasteiger partial charge < -0.3 is 0 Å². The zero-order valence-electron chi connectivity index (χ0n) is 31.8. The minimum absolute atomic E-state index is 0. The Morgan fingerprint density at radius 1 is 0.633 bits per heavy atom. The number of fused-ring (bicyclic) bond motifs is 3. The molecule has 0 bridgehead atoms. The van der Waals surface area contributed by atoms with Crippen LogP contribution in [-0.2, 0) is 35.5 Å². The standard InChI is InChI=1S/C13H9.C12H19.2C10H13.CH2.2ClH.Zr/c1-3-7-12-10(5-1)9-11-6-2-4-8-13(11)12;1-6-10-7-9(2)8-11(10)12(3,4)5;2*1-10(2,3)9-7-5-4-6-8-9;;;;/h1-5,7-8H,9H2;8-9H,6H2,1-5H3;2*5-8H,1-3H3;1H2;2*1H;. The second-order valence-corrected chi connectivity index (χ2v) is 30.3. The molecule has 0 saturated carbocycles. The van der Waals surface area contributed by atoms with Gasteiger partial charge in [-0.25, -0.2) is 0 Å². The van der Waals surface area contributed by atoms with Gasteiger partial charge in [-0.15, -0.1) is 24.8 Å². The molecule has 0 heterocycles. The van der Waals surface area contributed by atoms with Crippen molar-refractivity contribution >= 4 is 38.8 Å². The summed E-state index contributed by atoms with van der Waals surface area (Å²) in [7, 11) is 0. The van der Waals surface area contributed by atoms with Crippen LogP contribution >= 0.6 is 24.8 Å². The number of allylic oxidation sites excluding steroid dienone is 4. The van der Waals surface area contributed by atoms with Crippen molar-refractivity contribution in [2.75, 3.05) is 0 Å². The average molecular weight is 773 g/mol. The fourth-order valence-electron chi connectivity index (χ4n) is 9.06. The zero-order valence-corrected chi connectivity index (χ0v) is 35.8. The molecular formula is C46H58Cl2Zr. The van der Waals surface area contributed by atoms with Crippen LogP contribution in [0, 0.1) is 11.3 Å². The Kier molecular flexibility index (Phi) is 10.8. The molecule has 0 fully saturated rings. The van der Waals surface area contributed by atoms with Gasteiger partial charge in [0, 0.05) is 0 Å². The van der Waals surface area contributed by atoms with Crippen LogP contribution in [0.2, 0.25) is 0 Å². The molecular weight excluding hydrogens is 715 g/mol. The molecule has 4 aromatic carbocycles. The van der Waals surface area contributed by atoms with Gasteiger partial charge in [-0.3, -0.25) is 0 Å². The number of hydrogen-bond acceptors (Lipinski definition) is 0. The molecule has 260 valence electrons. The summed E-state index contributed by atoms with van der Waals surface area (Å²) >= 11 is -5.00. The molecule has 6 rings (SSSR count). The van der Waals surface area contributed by atoms with Gasteiger partial charge >= 0.3 is 288 Å². The second kappa shape index (κ2) is 13.3. The first kappa shape index (κ1) is 39.5. The summed E-state index contributed by atoms with van der Waals surface area (Å²) in [4.78, 5) is 0. The van der Waals surface area contributed by atoms with E-state index in [-0.39, 0.29) is 41.1 Å². The Hall–Kier alpha value is -2.31. The maximum atomic E-state index is 5.90. The predicted octanol–water partition coefficient (Wildman–Crippen LogP) is 11.4. The van der Waals surface area contributed by atoms with Gasteiger partial charge in [-0.1, -0.05) is 0 Å². The van der Waals surface area contributed by atoms with Crippen molar-refractivity contribution in [2.24, 2.45) is 11.3 Å². The molecule has 2 aliphatic carbocycles. The van der Waals surface area contributed by atoms with E-state index in [1.165, 1.54) is 48.8 Å². The van der Waals surface area contributed by atoms with E-state index in [0.29, 0.717) is 5.92 Å². The topological polar surface area (TPSA) is 0 Å². The minimum atomic E-state index is -5.00.